The molecule has 1 aromatic carbocycles. The van der Waals surface area contributed by atoms with Crippen molar-refractivity contribution in [1.29, 1.82) is 0 Å². The number of rotatable bonds is 5. The first-order chi connectivity index (χ1) is 8.66. The molecule has 1 aliphatic carbocycles. The highest BCUT2D eigenvalue weighted by Gasteiger charge is 2.26. The zero-order valence-corrected chi connectivity index (χ0v) is 11.6. The second kappa shape index (κ2) is 6.24. The molecule has 2 nitrogen and oxygen atoms in total. The summed E-state index contributed by atoms with van der Waals surface area (Å²) in [6.07, 6.45) is 5.51. The quantitative estimate of drug-likeness (QED) is 0.791. The number of anilines is 1. The average Bonchev–Trinajstić information content (AvgIpc) is 2.37. The van der Waals surface area contributed by atoms with Crippen molar-refractivity contribution in [2.75, 3.05) is 18.5 Å². The second-order valence-corrected chi connectivity index (χ2v) is 6.03. The summed E-state index contributed by atoms with van der Waals surface area (Å²) >= 11 is 0. The van der Waals surface area contributed by atoms with E-state index in [0.717, 1.165) is 13.2 Å². The summed E-state index contributed by atoms with van der Waals surface area (Å²) in [5.74, 6) is 0. The summed E-state index contributed by atoms with van der Waals surface area (Å²) in [5, 5.41) is 3.38. The Morgan fingerprint density at radius 3 is 2.50 bits per heavy atom. The third-order valence-electron chi connectivity index (χ3n) is 3.84. The third-order valence-corrected chi connectivity index (χ3v) is 3.84. The van der Waals surface area contributed by atoms with Crippen LogP contribution in [0.15, 0.2) is 30.3 Å². The topological polar surface area (TPSA) is 21.3 Å². The van der Waals surface area contributed by atoms with Gasteiger partial charge in [-0.2, -0.15) is 0 Å². The standard InChI is InChI=1S/C16H25NO/c1-16(2)10-8-15(9-11-16)18-13-12-17-14-6-4-3-5-7-14/h3-7,15,17H,8-13H2,1-2H3. The monoisotopic (exact) mass is 247 g/mol. The van der Waals surface area contributed by atoms with Crippen LogP contribution in [0.3, 0.4) is 0 Å². The van der Waals surface area contributed by atoms with Crippen molar-refractivity contribution in [3.63, 3.8) is 0 Å². The predicted molar refractivity (Wildman–Crippen MR) is 76.9 cm³/mol. The molecule has 0 heterocycles. The lowest BCUT2D eigenvalue weighted by Crippen LogP contribution is -2.27. The third kappa shape index (κ3) is 4.34. The van der Waals surface area contributed by atoms with Gasteiger partial charge in [0.15, 0.2) is 0 Å². The van der Waals surface area contributed by atoms with E-state index < -0.39 is 0 Å². The maximum absolute atomic E-state index is 5.94. The number of hydrogen-bond donors (Lipinski definition) is 1. The predicted octanol–water partition coefficient (Wildman–Crippen LogP) is 4.08. The molecule has 1 aliphatic rings. The Balaban J connectivity index is 1.59. The van der Waals surface area contributed by atoms with Crippen LogP contribution in [-0.4, -0.2) is 19.3 Å². The summed E-state index contributed by atoms with van der Waals surface area (Å²) in [7, 11) is 0. The molecule has 0 bridgehead atoms. The zero-order valence-electron chi connectivity index (χ0n) is 11.6. The molecule has 2 rings (SSSR count). The minimum absolute atomic E-state index is 0.482. The van der Waals surface area contributed by atoms with Crippen molar-refractivity contribution in [3.8, 4) is 0 Å². The Labute approximate surface area is 111 Å². The molecule has 0 aromatic heterocycles. The van der Waals surface area contributed by atoms with Crippen molar-refractivity contribution in [3.05, 3.63) is 30.3 Å². The van der Waals surface area contributed by atoms with E-state index in [-0.39, 0.29) is 0 Å². The van der Waals surface area contributed by atoms with E-state index in [1.54, 1.807) is 0 Å². The molecule has 1 aromatic rings. The van der Waals surface area contributed by atoms with Crippen molar-refractivity contribution in [1.82, 2.24) is 0 Å². The van der Waals surface area contributed by atoms with E-state index in [0.29, 0.717) is 11.5 Å². The van der Waals surface area contributed by atoms with E-state index in [2.05, 4.69) is 31.3 Å². The van der Waals surface area contributed by atoms with Crippen molar-refractivity contribution >= 4 is 5.69 Å². The number of benzene rings is 1. The molecule has 1 fully saturated rings. The van der Waals surface area contributed by atoms with Gasteiger partial charge in [0, 0.05) is 12.2 Å². The van der Waals surface area contributed by atoms with Gasteiger partial charge in [-0.05, 0) is 43.2 Å². The summed E-state index contributed by atoms with van der Waals surface area (Å²) in [6.45, 7) is 6.42. The Kier molecular flexibility index (Phi) is 4.65. The van der Waals surface area contributed by atoms with E-state index in [4.69, 9.17) is 4.74 Å². The van der Waals surface area contributed by atoms with Crippen LogP contribution in [0, 0.1) is 5.41 Å². The molecule has 0 spiro atoms. The van der Waals surface area contributed by atoms with E-state index in [9.17, 15) is 0 Å². The van der Waals surface area contributed by atoms with Crippen LogP contribution in [0.5, 0.6) is 0 Å². The molecule has 100 valence electrons. The Bertz CT molecular complexity index is 337. The van der Waals surface area contributed by atoms with E-state index >= 15 is 0 Å². The lowest BCUT2D eigenvalue weighted by Gasteiger charge is -2.34. The summed E-state index contributed by atoms with van der Waals surface area (Å²) in [6, 6.07) is 10.3. The first kappa shape index (κ1) is 13.4. The SMILES string of the molecule is CC1(C)CCC(OCCNc2ccccc2)CC1. The lowest BCUT2D eigenvalue weighted by molar-refractivity contribution is 0.00945. The fraction of sp³-hybridized carbons (Fsp3) is 0.625. The van der Waals surface area contributed by atoms with Crippen molar-refractivity contribution in [2.45, 2.75) is 45.6 Å². The van der Waals surface area contributed by atoms with Crippen molar-refractivity contribution < 1.29 is 4.74 Å². The minimum Gasteiger partial charge on any atom is -0.383 e. The Morgan fingerprint density at radius 1 is 1.17 bits per heavy atom. The van der Waals surface area contributed by atoms with Crippen LogP contribution < -0.4 is 5.32 Å². The average molecular weight is 247 g/mol. The van der Waals surface area contributed by atoms with Gasteiger partial charge in [0.25, 0.3) is 0 Å². The molecule has 1 saturated carbocycles. The molecule has 0 saturated heterocycles. The molecular formula is C16H25NO. The molecule has 1 N–H and O–H groups in total. The van der Waals surface area contributed by atoms with Gasteiger partial charge in [0.2, 0.25) is 0 Å². The normalized spacial score (nSPS) is 19.7. The van der Waals surface area contributed by atoms with Gasteiger partial charge in [0.1, 0.15) is 0 Å². The lowest BCUT2D eigenvalue weighted by atomic mass is 9.76. The van der Waals surface area contributed by atoms with Gasteiger partial charge in [-0.1, -0.05) is 32.0 Å². The van der Waals surface area contributed by atoms with Crippen LogP contribution >= 0.6 is 0 Å². The molecule has 0 amide bonds. The summed E-state index contributed by atoms with van der Waals surface area (Å²) in [5.41, 5.74) is 1.70. The molecule has 0 unspecified atom stereocenters. The number of nitrogens with one attached hydrogen (secondary N) is 1. The molecule has 0 radical (unpaired) electrons. The molecule has 0 atom stereocenters. The van der Waals surface area contributed by atoms with Gasteiger partial charge >= 0.3 is 0 Å². The summed E-state index contributed by atoms with van der Waals surface area (Å²) in [4.78, 5) is 0. The highest BCUT2D eigenvalue weighted by molar-refractivity contribution is 5.42. The summed E-state index contributed by atoms with van der Waals surface area (Å²) < 4.78 is 5.94. The van der Waals surface area contributed by atoms with Crippen LogP contribution in [0.2, 0.25) is 0 Å². The zero-order chi connectivity index (χ0) is 12.8. The van der Waals surface area contributed by atoms with Crippen molar-refractivity contribution in [2.24, 2.45) is 5.41 Å². The first-order valence-corrected chi connectivity index (χ1v) is 7.06. The van der Waals surface area contributed by atoms with Crippen LogP contribution in [0.25, 0.3) is 0 Å². The van der Waals surface area contributed by atoms with E-state index in [1.807, 2.05) is 18.2 Å². The fourth-order valence-electron chi connectivity index (χ4n) is 2.52. The van der Waals surface area contributed by atoms with Crippen LogP contribution in [0.4, 0.5) is 5.69 Å². The van der Waals surface area contributed by atoms with E-state index in [1.165, 1.54) is 31.4 Å². The molecule has 0 aliphatic heterocycles. The fourth-order valence-corrected chi connectivity index (χ4v) is 2.52. The number of ether oxygens (including phenoxy) is 1. The molecular weight excluding hydrogens is 222 g/mol. The number of hydrogen-bond acceptors (Lipinski definition) is 2. The second-order valence-electron chi connectivity index (χ2n) is 6.03. The highest BCUT2D eigenvalue weighted by atomic mass is 16.5. The molecule has 2 heteroatoms. The first-order valence-electron chi connectivity index (χ1n) is 7.06. The maximum Gasteiger partial charge on any atom is 0.0642 e. The molecule has 18 heavy (non-hydrogen) atoms. The Hall–Kier alpha value is -1.02. The number of para-hydroxylation sites is 1. The van der Waals surface area contributed by atoms with Gasteiger partial charge in [0.05, 0.1) is 12.7 Å². The van der Waals surface area contributed by atoms with Gasteiger partial charge in [-0.15, -0.1) is 0 Å². The smallest absolute Gasteiger partial charge is 0.0642 e. The van der Waals surface area contributed by atoms with Crippen LogP contribution in [-0.2, 0) is 4.74 Å². The van der Waals surface area contributed by atoms with Gasteiger partial charge < -0.3 is 10.1 Å². The Morgan fingerprint density at radius 2 is 1.83 bits per heavy atom. The maximum atomic E-state index is 5.94. The largest absolute Gasteiger partial charge is 0.383 e. The highest BCUT2D eigenvalue weighted by Crippen LogP contribution is 2.36. The van der Waals surface area contributed by atoms with Gasteiger partial charge in [-0.3, -0.25) is 0 Å². The minimum atomic E-state index is 0.482. The van der Waals surface area contributed by atoms with Crippen LogP contribution in [0.1, 0.15) is 39.5 Å². The van der Waals surface area contributed by atoms with Gasteiger partial charge in [-0.25, -0.2) is 0 Å².